The Morgan fingerprint density at radius 3 is 2.76 bits per heavy atom. The molecule has 1 unspecified atom stereocenters. The molecule has 1 saturated heterocycles. The van der Waals surface area contributed by atoms with Crippen molar-refractivity contribution in [2.75, 3.05) is 26.0 Å². The predicted molar refractivity (Wildman–Crippen MR) is 62.0 cm³/mol. The molecule has 2 aliphatic rings. The van der Waals surface area contributed by atoms with Gasteiger partial charge in [0.2, 0.25) is 10.0 Å². The lowest BCUT2D eigenvalue weighted by molar-refractivity contribution is 0.0942. The molecule has 1 saturated carbocycles. The number of hydrogen-bond acceptors (Lipinski definition) is 5. The van der Waals surface area contributed by atoms with E-state index in [2.05, 4.69) is 5.32 Å². The first kappa shape index (κ1) is 12.6. The van der Waals surface area contributed by atoms with Gasteiger partial charge in [-0.1, -0.05) is 0 Å². The second-order valence-electron chi connectivity index (χ2n) is 4.99. The van der Waals surface area contributed by atoms with E-state index in [0.29, 0.717) is 11.3 Å². The molecule has 1 aliphatic heterocycles. The molecule has 6 nitrogen and oxygen atoms in total. The van der Waals surface area contributed by atoms with Crippen LogP contribution in [0.25, 0.3) is 0 Å². The van der Waals surface area contributed by atoms with Gasteiger partial charge in [-0.3, -0.25) is 0 Å². The Morgan fingerprint density at radius 2 is 2.18 bits per heavy atom. The zero-order valence-corrected chi connectivity index (χ0v) is 10.7. The van der Waals surface area contributed by atoms with E-state index in [-0.39, 0.29) is 6.61 Å². The van der Waals surface area contributed by atoms with Crippen LogP contribution in [0.15, 0.2) is 0 Å². The van der Waals surface area contributed by atoms with Gasteiger partial charge in [-0.25, -0.2) is 17.9 Å². The van der Waals surface area contributed by atoms with Crippen LogP contribution in [0.1, 0.15) is 19.3 Å². The fourth-order valence-corrected chi connectivity index (χ4v) is 2.81. The molecule has 7 heteroatoms. The lowest BCUT2D eigenvalue weighted by Crippen LogP contribution is -2.41. The summed E-state index contributed by atoms with van der Waals surface area (Å²) in [6.07, 6.45) is 3.55. The number of amides is 1. The molecule has 0 aromatic heterocycles. The van der Waals surface area contributed by atoms with Crippen LogP contribution in [0.3, 0.4) is 0 Å². The van der Waals surface area contributed by atoms with Crippen molar-refractivity contribution in [2.45, 2.75) is 19.3 Å². The third kappa shape index (κ3) is 3.32. The van der Waals surface area contributed by atoms with Crippen molar-refractivity contribution in [3.05, 3.63) is 0 Å². The van der Waals surface area contributed by atoms with Crippen molar-refractivity contribution in [1.29, 1.82) is 0 Å². The Hall–Kier alpha value is -0.820. The summed E-state index contributed by atoms with van der Waals surface area (Å²) >= 11 is 0. The number of carbonyl (C=O) groups is 1. The van der Waals surface area contributed by atoms with E-state index in [1.165, 1.54) is 12.8 Å². The van der Waals surface area contributed by atoms with Gasteiger partial charge in [-0.15, -0.1) is 0 Å². The summed E-state index contributed by atoms with van der Waals surface area (Å²) in [4.78, 5) is 11.2. The third-order valence-corrected chi connectivity index (χ3v) is 4.17. The molecule has 1 aliphatic carbocycles. The molecular formula is C10H18N2O4S. The first-order chi connectivity index (χ1) is 7.91. The number of piperidine rings is 1. The van der Waals surface area contributed by atoms with Gasteiger partial charge in [0, 0.05) is 12.5 Å². The first-order valence-electron chi connectivity index (χ1n) is 5.77. The maximum absolute atomic E-state index is 11.2. The molecule has 1 amide bonds. The number of sulfonamides is 1. The third-order valence-electron chi connectivity index (χ3n) is 3.63. The SMILES string of the molecule is CS(=O)(=O)NC(=O)OCC1CNCCC12CC2. The monoisotopic (exact) mass is 262 g/mol. The number of rotatable bonds is 3. The van der Waals surface area contributed by atoms with Gasteiger partial charge in [-0.05, 0) is 31.2 Å². The van der Waals surface area contributed by atoms with Gasteiger partial charge >= 0.3 is 6.09 Å². The molecule has 98 valence electrons. The summed E-state index contributed by atoms with van der Waals surface area (Å²) in [6.45, 7) is 2.15. The minimum atomic E-state index is -3.53. The second kappa shape index (κ2) is 4.45. The molecule has 1 atom stereocenters. The fraction of sp³-hybridized carbons (Fsp3) is 0.900. The summed E-state index contributed by atoms with van der Waals surface area (Å²) in [6, 6.07) is 0. The van der Waals surface area contributed by atoms with Gasteiger partial charge in [0.05, 0.1) is 12.9 Å². The summed E-state index contributed by atoms with van der Waals surface area (Å²) in [5.74, 6) is 0.307. The molecule has 2 rings (SSSR count). The Kier molecular flexibility index (Phi) is 3.31. The van der Waals surface area contributed by atoms with Crippen LogP contribution in [0.5, 0.6) is 0 Å². The van der Waals surface area contributed by atoms with E-state index in [9.17, 15) is 13.2 Å². The number of carbonyl (C=O) groups excluding carboxylic acids is 1. The topological polar surface area (TPSA) is 84.5 Å². The highest BCUT2D eigenvalue weighted by molar-refractivity contribution is 7.89. The van der Waals surface area contributed by atoms with E-state index in [1.54, 1.807) is 4.72 Å². The standard InChI is InChI=1S/C10H18N2O4S/c1-17(14,15)12-9(13)16-7-8-6-11-5-4-10(8)2-3-10/h8,11H,2-7H2,1H3,(H,12,13). The molecule has 0 aromatic carbocycles. The number of ether oxygens (including phenoxy) is 1. The Morgan fingerprint density at radius 1 is 1.47 bits per heavy atom. The van der Waals surface area contributed by atoms with Gasteiger partial charge in [0.25, 0.3) is 0 Å². The fourth-order valence-electron chi connectivity index (χ4n) is 2.45. The largest absolute Gasteiger partial charge is 0.448 e. The maximum atomic E-state index is 11.2. The van der Waals surface area contributed by atoms with Crippen molar-refractivity contribution < 1.29 is 17.9 Å². The molecule has 1 heterocycles. The zero-order valence-electron chi connectivity index (χ0n) is 9.86. The molecule has 17 heavy (non-hydrogen) atoms. The molecule has 1 spiro atoms. The van der Waals surface area contributed by atoms with Gasteiger partial charge in [0.15, 0.2) is 0 Å². The molecular weight excluding hydrogens is 244 g/mol. The minimum absolute atomic E-state index is 0.286. The van der Waals surface area contributed by atoms with Gasteiger partial charge in [-0.2, -0.15) is 0 Å². The van der Waals surface area contributed by atoms with Crippen LogP contribution in [-0.4, -0.2) is 40.5 Å². The van der Waals surface area contributed by atoms with E-state index in [0.717, 1.165) is 25.8 Å². The van der Waals surface area contributed by atoms with E-state index >= 15 is 0 Å². The van der Waals surface area contributed by atoms with Gasteiger partial charge in [0.1, 0.15) is 0 Å². The quantitative estimate of drug-likeness (QED) is 0.751. The van der Waals surface area contributed by atoms with E-state index < -0.39 is 16.1 Å². The average Bonchev–Trinajstić information content (AvgIpc) is 2.95. The van der Waals surface area contributed by atoms with Gasteiger partial charge < -0.3 is 10.1 Å². The molecule has 2 fully saturated rings. The van der Waals surface area contributed by atoms with Crippen LogP contribution in [-0.2, 0) is 14.8 Å². The Labute approximate surface area is 101 Å². The first-order valence-corrected chi connectivity index (χ1v) is 7.66. The predicted octanol–water partition coefficient (Wildman–Crippen LogP) is 0.0619. The lowest BCUT2D eigenvalue weighted by atomic mass is 9.84. The molecule has 0 aromatic rings. The number of hydrogen-bond donors (Lipinski definition) is 2. The van der Waals surface area contributed by atoms with Crippen molar-refractivity contribution in [3.8, 4) is 0 Å². The van der Waals surface area contributed by atoms with Crippen LogP contribution < -0.4 is 10.0 Å². The van der Waals surface area contributed by atoms with E-state index in [4.69, 9.17) is 4.74 Å². The van der Waals surface area contributed by atoms with Crippen molar-refractivity contribution in [2.24, 2.45) is 11.3 Å². The van der Waals surface area contributed by atoms with E-state index in [1.807, 2.05) is 0 Å². The minimum Gasteiger partial charge on any atom is -0.448 e. The van der Waals surface area contributed by atoms with Crippen molar-refractivity contribution in [3.63, 3.8) is 0 Å². The van der Waals surface area contributed by atoms with Crippen LogP contribution in [0.2, 0.25) is 0 Å². The summed E-state index contributed by atoms with van der Waals surface area (Å²) in [7, 11) is -3.53. The molecule has 2 N–H and O–H groups in total. The zero-order chi connectivity index (χ0) is 12.5. The van der Waals surface area contributed by atoms with Crippen LogP contribution in [0.4, 0.5) is 4.79 Å². The number of nitrogens with one attached hydrogen (secondary N) is 2. The Balaban J connectivity index is 1.80. The smallest absolute Gasteiger partial charge is 0.420 e. The highest BCUT2D eigenvalue weighted by Crippen LogP contribution is 2.55. The summed E-state index contributed by atoms with van der Waals surface area (Å²) in [5.41, 5.74) is 0.344. The maximum Gasteiger partial charge on any atom is 0.420 e. The molecule has 0 radical (unpaired) electrons. The highest BCUT2D eigenvalue weighted by atomic mass is 32.2. The average molecular weight is 262 g/mol. The highest BCUT2D eigenvalue weighted by Gasteiger charge is 2.50. The Bertz CT molecular complexity index is 403. The second-order valence-corrected chi connectivity index (χ2v) is 6.73. The normalized spacial score (nSPS) is 26.5. The summed E-state index contributed by atoms with van der Waals surface area (Å²) in [5, 5.41) is 3.27. The van der Waals surface area contributed by atoms with Crippen molar-refractivity contribution in [1.82, 2.24) is 10.0 Å². The summed E-state index contributed by atoms with van der Waals surface area (Å²) < 4.78 is 28.4. The molecule has 0 bridgehead atoms. The van der Waals surface area contributed by atoms with Crippen LogP contribution in [0, 0.1) is 11.3 Å². The van der Waals surface area contributed by atoms with Crippen molar-refractivity contribution >= 4 is 16.1 Å². The lowest BCUT2D eigenvalue weighted by Gasteiger charge is -2.31. The van der Waals surface area contributed by atoms with Crippen LogP contribution >= 0.6 is 0 Å².